The molecule has 2 heterocycles. The molecule has 0 saturated heterocycles. The van der Waals surface area contributed by atoms with Gasteiger partial charge in [0.15, 0.2) is 5.82 Å². The first kappa shape index (κ1) is 11.9. The molecule has 0 aliphatic carbocycles. The molecule has 1 aliphatic heterocycles. The van der Waals surface area contributed by atoms with Gasteiger partial charge in [-0.2, -0.15) is 0 Å². The summed E-state index contributed by atoms with van der Waals surface area (Å²) in [5.74, 6) is 0.655. The van der Waals surface area contributed by atoms with Crippen LogP contribution < -0.4 is 5.73 Å². The van der Waals surface area contributed by atoms with E-state index in [1.165, 1.54) is 0 Å². The number of rotatable bonds is 2. The molecule has 1 aromatic carbocycles. The topological polar surface area (TPSA) is 94.0 Å². The zero-order valence-electron chi connectivity index (χ0n) is 10.3. The highest BCUT2D eigenvalue weighted by atomic mass is 16.4. The summed E-state index contributed by atoms with van der Waals surface area (Å²) in [5, 5.41) is 17.3. The summed E-state index contributed by atoms with van der Waals surface area (Å²) >= 11 is 0. The summed E-state index contributed by atoms with van der Waals surface area (Å²) < 4.78 is 1.98. The van der Waals surface area contributed by atoms with E-state index in [0.29, 0.717) is 12.4 Å². The van der Waals surface area contributed by atoms with Crippen molar-refractivity contribution in [1.29, 1.82) is 0 Å². The van der Waals surface area contributed by atoms with E-state index in [9.17, 15) is 4.79 Å². The van der Waals surface area contributed by atoms with E-state index in [4.69, 9.17) is 10.8 Å². The van der Waals surface area contributed by atoms with Crippen LogP contribution in [0.4, 0.5) is 0 Å². The molecule has 0 amide bonds. The third-order valence-corrected chi connectivity index (χ3v) is 3.35. The van der Waals surface area contributed by atoms with Gasteiger partial charge in [-0.25, -0.2) is 4.79 Å². The molecule has 19 heavy (non-hydrogen) atoms. The summed E-state index contributed by atoms with van der Waals surface area (Å²) in [6.07, 6.45) is 1.72. The minimum Gasteiger partial charge on any atom is -0.478 e. The number of fused-ring (bicyclic) bond motifs is 1. The molecular weight excluding hydrogens is 244 g/mol. The molecule has 0 saturated carbocycles. The maximum Gasteiger partial charge on any atom is 0.335 e. The molecule has 6 heteroatoms. The van der Waals surface area contributed by atoms with Crippen LogP contribution >= 0.6 is 0 Å². The Bertz CT molecular complexity index is 635. The van der Waals surface area contributed by atoms with Crippen molar-refractivity contribution >= 4 is 5.97 Å². The predicted molar refractivity (Wildman–Crippen MR) is 68.7 cm³/mol. The van der Waals surface area contributed by atoms with Crippen LogP contribution in [0.5, 0.6) is 0 Å². The fourth-order valence-electron chi connectivity index (χ4n) is 2.36. The Kier molecular flexibility index (Phi) is 2.79. The molecule has 98 valence electrons. The summed E-state index contributed by atoms with van der Waals surface area (Å²) in [5.41, 5.74) is 6.97. The summed E-state index contributed by atoms with van der Waals surface area (Å²) in [6, 6.07) is 6.82. The van der Waals surface area contributed by atoms with Gasteiger partial charge < -0.3 is 15.4 Å². The number of aryl methyl sites for hydroxylation is 1. The predicted octanol–water partition coefficient (Wildman–Crippen LogP) is 0.917. The highest BCUT2D eigenvalue weighted by Gasteiger charge is 2.21. The van der Waals surface area contributed by atoms with Crippen molar-refractivity contribution in [3.05, 3.63) is 35.7 Å². The lowest BCUT2D eigenvalue weighted by molar-refractivity contribution is 0.0697. The van der Waals surface area contributed by atoms with Crippen molar-refractivity contribution in [3.8, 4) is 11.4 Å². The Labute approximate surface area is 109 Å². The van der Waals surface area contributed by atoms with Crippen LogP contribution in [-0.2, 0) is 13.0 Å². The largest absolute Gasteiger partial charge is 0.478 e. The molecular formula is C13H14N4O2. The van der Waals surface area contributed by atoms with Gasteiger partial charge in [0.1, 0.15) is 5.82 Å². The lowest BCUT2D eigenvalue weighted by Crippen LogP contribution is -2.32. The number of nitrogens with zero attached hydrogens (tertiary/aromatic N) is 3. The Balaban J connectivity index is 2.05. The zero-order valence-corrected chi connectivity index (χ0v) is 10.3. The minimum absolute atomic E-state index is 0.102. The standard InChI is InChI=1S/C13H14N4O2/c14-10-4-5-11-15-16-12(17(11)7-10)8-2-1-3-9(6-8)13(18)19/h1-3,6,10H,4-5,7,14H2,(H,18,19). The Morgan fingerprint density at radius 2 is 2.26 bits per heavy atom. The first-order valence-corrected chi connectivity index (χ1v) is 6.16. The van der Waals surface area contributed by atoms with Crippen LogP contribution in [-0.4, -0.2) is 31.9 Å². The van der Waals surface area contributed by atoms with Crippen LogP contribution in [0, 0.1) is 0 Å². The molecule has 2 aromatic rings. The zero-order chi connectivity index (χ0) is 13.4. The van der Waals surface area contributed by atoms with Crippen LogP contribution in [0.25, 0.3) is 11.4 Å². The molecule has 1 aromatic heterocycles. The van der Waals surface area contributed by atoms with Crippen molar-refractivity contribution in [1.82, 2.24) is 14.8 Å². The molecule has 0 bridgehead atoms. The molecule has 6 nitrogen and oxygen atoms in total. The number of benzene rings is 1. The summed E-state index contributed by atoms with van der Waals surface area (Å²) in [7, 11) is 0. The lowest BCUT2D eigenvalue weighted by Gasteiger charge is -2.20. The van der Waals surface area contributed by atoms with Gasteiger partial charge in [0, 0.05) is 24.6 Å². The van der Waals surface area contributed by atoms with Gasteiger partial charge in [-0.05, 0) is 18.6 Å². The average molecular weight is 258 g/mol. The monoisotopic (exact) mass is 258 g/mol. The van der Waals surface area contributed by atoms with Crippen molar-refractivity contribution in [2.75, 3.05) is 0 Å². The number of nitrogens with two attached hydrogens (primary N) is 1. The van der Waals surface area contributed by atoms with Crippen molar-refractivity contribution in [2.45, 2.75) is 25.4 Å². The van der Waals surface area contributed by atoms with E-state index in [1.54, 1.807) is 18.2 Å². The molecule has 3 rings (SSSR count). The number of aromatic carboxylic acids is 1. The van der Waals surface area contributed by atoms with Gasteiger partial charge in [-0.15, -0.1) is 10.2 Å². The SMILES string of the molecule is NC1CCc2nnc(-c3cccc(C(=O)O)c3)n2C1. The van der Waals surface area contributed by atoms with Crippen molar-refractivity contribution < 1.29 is 9.90 Å². The second-order valence-electron chi connectivity index (χ2n) is 4.74. The quantitative estimate of drug-likeness (QED) is 0.835. The lowest BCUT2D eigenvalue weighted by atomic mass is 10.1. The molecule has 0 spiro atoms. The molecule has 0 fully saturated rings. The van der Waals surface area contributed by atoms with E-state index in [1.807, 2.05) is 10.6 Å². The molecule has 1 atom stereocenters. The summed E-state index contributed by atoms with van der Waals surface area (Å²) in [4.78, 5) is 11.0. The second-order valence-corrected chi connectivity index (χ2v) is 4.74. The van der Waals surface area contributed by atoms with E-state index < -0.39 is 5.97 Å². The van der Waals surface area contributed by atoms with Gasteiger partial charge in [-0.3, -0.25) is 0 Å². The fraction of sp³-hybridized carbons (Fsp3) is 0.308. The molecule has 1 aliphatic rings. The Hall–Kier alpha value is -2.21. The van der Waals surface area contributed by atoms with Crippen LogP contribution in [0.2, 0.25) is 0 Å². The van der Waals surface area contributed by atoms with Crippen molar-refractivity contribution in [2.24, 2.45) is 5.73 Å². The maximum atomic E-state index is 11.0. The molecule has 0 radical (unpaired) electrons. The van der Waals surface area contributed by atoms with E-state index in [2.05, 4.69) is 10.2 Å². The second kappa shape index (κ2) is 4.47. The summed E-state index contributed by atoms with van der Waals surface area (Å²) in [6.45, 7) is 0.676. The first-order valence-electron chi connectivity index (χ1n) is 6.16. The average Bonchev–Trinajstić information content (AvgIpc) is 2.81. The number of carboxylic acid groups (broad SMARTS) is 1. The highest BCUT2D eigenvalue weighted by Crippen LogP contribution is 2.23. The maximum absolute atomic E-state index is 11.0. The van der Waals surface area contributed by atoms with Crippen molar-refractivity contribution in [3.63, 3.8) is 0 Å². The van der Waals surface area contributed by atoms with Gasteiger partial charge in [-0.1, -0.05) is 12.1 Å². The van der Waals surface area contributed by atoms with Crippen LogP contribution in [0.3, 0.4) is 0 Å². The first-order chi connectivity index (χ1) is 9.15. The molecule has 1 unspecified atom stereocenters. The highest BCUT2D eigenvalue weighted by molar-refractivity contribution is 5.89. The minimum atomic E-state index is -0.947. The number of hydrogen-bond donors (Lipinski definition) is 2. The smallest absolute Gasteiger partial charge is 0.335 e. The number of carboxylic acids is 1. The Morgan fingerprint density at radius 3 is 3.05 bits per heavy atom. The van der Waals surface area contributed by atoms with Gasteiger partial charge in [0.25, 0.3) is 0 Å². The third-order valence-electron chi connectivity index (χ3n) is 3.35. The third kappa shape index (κ3) is 2.10. The van der Waals surface area contributed by atoms with E-state index in [-0.39, 0.29) is 11.6 Å². The fourth-order valence-corrected chi connectivity index (χ4v) is 2.36. The van der Waals surface area contributed by atoms with E-state index in [0.717, 1.165) is 24.2 Å². The molecule has 3 N–H and O–H groups in total. The normalized spacial score (nSPS) is 18.1. The number of carbonyl (C=O) groups is 1. The number of hydrogen-bond acceptors (Lipinski definition) is 4. The van der Waals surface area contributed by atoms with E-state index >= 15 is 0 Å². The van der Waals surface area contributed by atoms with Gasteiger partial charge >= 0.3 is 5.97 Å². The van der Waals surface area contributed by atoms with Crippen LogP contribution in [0.1, 0.15) is 22.6 Å². The van der Waals surface area contributed by atoms with Crippen LogP contribution in [0.15, 0.2) is 24.3 Å². The van der Waals surface area contributed by atoms with Gasteiger partial charge in [0.05, 0.1) is 5.56 Å². The number of aromatic nitrogens is 3. The van der Waals surface area contributed by atoms with Gasteiger partial charge in [0.2, 0.25) is 0 Å². The Morgan fingerprint density at radius 1 is 1.42 bits per heavy atom.